The standard InChI is InChI=1S/C19H19BrN2O3/c1-2-24-14-9-7-13(8-10-14)21-19(23)17-18(25-12-11-20)15-5-3-4-6-16(15)22-17/h3-10,22H,2,11-12H2,1H3,(H,21,23). The third-order valence-electron chi connectivity index (χ3n) is 3.63. The maximum atomic E-state index is 12.7. The second kappa shape index (κ2) is 8.07. The molecule has 1 aromatic heterocycles. The lowest BCUT2D eigenvalue weighted by Gasteiger charge is -2.09. The van der Waals surface area contributed by atoms with Gasteiger partial charge in [0.05, 0.1) is 13.2 Å². The summed E-state index contributed by atoms with van der Waals surface area (Å²) < 4.78 is 11.2. The molecule has 2 aromatic carbocycles. The number of nitrogens with one attached hydrogen (secondary N) is 2. The Hall–Kier alpha value is -2.47. The molecule has 0 spiro atoms. The van der Waals surface area contributed by atoms with Crippen molar-refractivity contribution in [1.29, 1.82) is 0 Å². The number of hydrogen-bond donors (Lipinski definition) is 2. The number of fused-ring (bicyclic) bond motifs is 1. The zero-order chi connectivity index (χ0) is 17.6. The number of aromatic amines is 1. The lowest BCUT2D eigenvalue weighted by atomic mass is 10.2. The van der Waals surface area contributed by atoms with E-state index in [1.807, 2.05) is 55.5 Å². The van der Waals surface area contributed by atoms with Crippen molar-refractivity contribution in [2.24, 2.45) is 0 Å². The number of alkyl halides is 1. The van der Waals surface area contributed by atoms with Gasteiger partial charge in [0.15, 0.2) is 5.75 Å². The van der Waals surface area contributed by atoms with Crippen LogP contribution in [0, 0.1) is 0 Å². The van der Waals surface area contributed by atoms with Crippen LogP contribution in [0.25, 0.3) is 10.9 Å². The fourth-order valence-corrected chi connectivity index (χ4v) is 2.72. The van der Waals surface area contributed by atoms with E-state index in [4.69, 9.17) is 9.47 Å². The molecule has 3 aromatic rings. The molecule has 3 rings (SSSR count). The van der Waals surface area contributed by atoms with Gasteiger partial charge >= 0.3 is 0 Å². The fraction of sp³-hybridized carbons (Fsp3) is 0.211. The molecule has 0 bridgehead atoms. The Morgan fingerprint density at radius 1 is 1.12 bits per heavy atom. The Kier molecular flexibility index (Phi) is 5.60. The van der Waals surface area contributed by atoms with Gasteiger partial charge in [-0.25, -0.2) is 0 Å². The van der Waals surface area contributed by atoms with Gasteiger partial charge in [-0.1, -0.05) is 28.1 Å². The summed E-state index contributed by atoms with van der Waals surface area (Å²) in [5.74, 6) is 1.09. The number of hydrogen-bond acceptors (Lipinski definition) is 3. The normalized spacial score (nSPS) is 10.6. The van der Waals surface area contributed by atoms with Crippen molar-refractivity contribution < 1.29 is 14.3 Å². The van der Waals surface area contributed by atoms with Crippen molar-refractivity contribution in [2.75, 3.05) is 23.9 Å². The monoisotopic (exact) mass is 402 g/mol. The predicted octanol–water partition coefficient (Wildman–Crippen LogP) is 4.59. The van der Waals surface area contributed by atoms with E-state index in [0.29, 0.717) is 35.7 Å². The molecule has 0 aliphatic carbocycles. The minimum absolute atomic E-state index is 0.245. The van der Waals surface area contributed by atoms with Crippen LogP contribution in [-0.4, -0.2) is 29.4 Å². The summed E-state index contributed by atoms with van der Waals surface area (Å²) in [6, 6.07) is 15.0. The molecule has 0 saturated heterocycles. The number of anilines is 1. The van der Waals surface area contributed by atoms with Gasteiger partial charge in [0, 0.05) is 21.9 Å². The summed E-state index contributed by atoms with van der Waals surface area (Å²) in [5.41, 5.74) is 1.97. The highest BCUT2D eigenvalue weighted by Crippen LogP contribution is 2.31. The molecular formula is C19H19BrN2O3. The number of halogens is 1. The van der Waals surface area contributed by atoms with Gasteiger partial charge < -0.3 is 19.8 Å². The van der Waals surface area contributed by atoms with E-state index in [1.165, 1.54) is 0 Å². The minimum Gasteiger partial charge on any atom is -0.494 e. The number of carbonyl (C=O) groups excluding carboxylic acids is 1. The molecule has 5 nitrogen and oxygen atoms in total. The summed E-state index contributed by atoms with van der Waals surface area (Å²) in [6.07, 6.45) is 0. The third kappa shape index (κ3) is 3.96. The number of aromatic nitrogens is 1. The first-order valence-electron chi connectivity index (χ1n) is 8.06. The van der Waals surface area contributed by atoms with Crippen molar-refractivity contribution in [2.45, 2.75) is 6.92 Å². The van der Waals surface area contributed by atoms with E-state index >= 15 is 0 Å². The van der Waals surface area contributed by atoms with Crippen LogP contribution >= 0.6 is 15.9 Å². The molecule has 0 unspecified atom stereocenters. The highest BCUT2D eigenvalue weighted by molar-refractivity contribution is 9.09. The number of carbonyl (C=O) groups is 1. The number of benzene rings is 2. The Morgan fingerprint density at radius 3 is 2.60 bits per heavy atom. The molecule has 0 aliphatic heterocycles. The molecule has 2 N–H and O–H groups in total. The molecule has 0 atom stereocenters. The molecule has 0 saturated carbocycles. The van der Waals surface area contributed by atoms with Gasteiger partial charge in [0.25, 0.3) is 5.91 Å². The molecule has 1 heterocycles. The summed E-state index contributed by atoms with van der Waals surface area (Å²) in [7, 11) is 0. The Bertz CT molecular complexity index is 859. The van der Waals surface area contributed by atoms with E-state index < -0.39 is 0 Å². The Labute approximate surface area is 154 Å². The second-order valence-corrected chi connectivity index (χ2v) is 6.12. The van der Waals surface area contributed by atoms with Crippen LogP contribution in [0.2, 0.25) is 0 Å². The van der Waals surface area contributed by atoms with Crippen molar-refractivity contribution in [3.05, 3.63) is 54.2 Å². The highest BCUT2D eigenvalue weighted by atomic mass is 79.9. The summed E-state index contributed by atoms with van der Waals surface area (Å²) >= 11 is 3.35. The average Bonchev–Trinajstić information content (AvgIpc) is 3.00. The van der Waals surface area contributed by atoms with Crippen LogP contribution in [-0.2, 0) is 0 Å². The van der Waals surface area contributed by atoms with E-state index in [9.17, 15) is 4.79 Å². The van der Waals surface area contributed by atoms with Crippen LogP contribution in [0.15, 0.2) is 48.5 Å². The molecule has 0 fully saturated rings. The molecule has 6 heteroatoms. The molecule has 0 aliphatic rings. The highest BCUT2D eigenvalue weighted by Gasteiger charge is 2.19. The van der Waals surface area contributed by atoms with Gasteiger partial charge in [0.1, 0.15) is 11.4 Å². The van der Waals surface area contributed by atoms with Crippen LogP contribution in [0.5, 0.6) is 11.5 Å². The Balaban J connectivity index is 1.85. The second-order valence-electron chi connectivity index (χ2n) is 5.32. The summed E-state index contributed by atoms with van der Waals surface area (Å²) in [4.78, 5) is 15.9. The van der Waals surface area contributed by atoms with Crippen LogP contribution < -0.4 is 14.8 Å². The van der Waals surface area contributed by atoms with E-state index in [1.54, 1.807) is 0 Å². The largest absolute Gasteiger partial charge is 0.494 e. The number of H-pyrrole nitrogens is 1. The number of ether oxygens (including phenoxy) is 2. The minimum atomic E-state index is -0.245. The van der Waals surface area contributed by atoms with Gasteiger partial charge in [-0.05, 0) is 43.3 Å². The number of para-hydroxylation sites is 1. The average molecular weight is 403 g/mol. The first kappa shape index (κ1) is 17.4. The molecular weight excluding hydrogens is 384 g/mol. The third-order valence-corrected chi connectivity index (χ3v) is 3.96. The predicted molar refractivity (Wildman–Crippen MR) is 103 cm³/mol. The van der Waals surface area contributed by atoms with E-state index in [-0.39, 0.29) is 5.91 Å². The van der Waals surface area contributed by atoms with Crippen LogP contribution in [0.3, 0.4) is 0 Å². The fourth-order valence-electron chi connectivity index (χ4n) is 2.56. The maximum absolute atomic E-state index is 12.7. The zero-order valence-electron chi connectivity index (χ0n) is 13.8. The van der Waals surface area contributed by atoms with Gasteiger partial charge in [0.2, 0.25) is 0 Å². The van der Waals surface area contributed by atoms with Gasteiger partial charge in [-0.3, -0.25) is 4.79 Å². The van der Waals surface area contributed by atoms with Crippen molar-refractivity contribution in [1.82, 2.24) is 4.98 Å². The quantitative estimate of drug-likeness (QED) is 0.567. The SMILES string of the molecule is CCOc1ccc(NC(=O)c2[nH]c3ccccc3c2OCCBr)cc1. The maximum Gasteiger partial charge on any atom is 0.275 e. The first-order chi connectivity index (χ1) is 12.2. The molecule has 0 radical (unpaired) electrons. The van der Waals surface area contributed by atoms with E-state index in [0.717, 1.165) is 16.7 Å². The van der Waals surface area contributed by atoms with Crippen LogP contribution in [0.4, 0.5) is 5.69 Å². The lowest BCUT2D eigenvalue weighted by molar-refractivity contribution is 0.101. The summed E-state index contributed by atoms with van der Waals surface area (Å²) in [6.45, 7) is 3.01. The smallest absolute Gasteiger partial charge is 0.275 e. The number of amides is 1. The van der Waals surface area contributed by atoms with Gasteiger partial charge in [-0.15, -0.1) is 0 Å². The van der Waals surface area contributed by atoms with Crippen molar-refractivity contribution >= 4 is 38.4 Å². The van der Waals surface area contributed by atoms with Crippen molar-refractivity contribution in [3.8, 4) is 11.5 Å². The molecule has 130 valence electrons. The Morgan fingerprint density at radius 2 is 1.88 bits per heavy atom. The van der Waals surface area contributed by atoms with Crippen molar-refractivity contribution in [3.63, 3.8) is 0 Å². The topological polar surface area (TPSA) is 63.3 Å². The van der Waals surface area contributed by atoms with E-state index in [2.05, 4.69) is 26.2 Å². The molecule has 25 heavy (non-hydrogen) atoms. The van der Waals surface area contributed by atoms with Gasteiger partial charge in [-0.2, -0.15) is 0 Å². The zero-order valence-corrected chi connectivity index (χ0v) is 15.4. The summed E-state index contributed by atoms with van der Waals surface area (Å²) in [5, 5.41) is 4.46. The molecule has 1 amide bonds. The van der Waals surface area contributed by atoms with Crippen LogP contribution in [0.1, 0.15) is 17.4 Å². The lowest BCUT2D eigenvalue weighted by Crippen LogP contribution is -2.14. The number of rotatable bonds is 7. The first-order valence-corrected chi connectivity index (χ1v) is 9.18.